The zero-order valence-corrected chi connectivity index (χ0v) is 14.0. The fourth-order valence-corrected chi connectivity index (χ4v) is 3.09. The summed E-state index contributed by atoms with van der Waals surface area (Å²) in [5.74, 6) is 0.628. The van der Waals surface area contributed by atoms with E-state index in [4.69, 9.17) is 0 Å². The topological polar surface area (TPSA) is 86.7 Å². The maximum absolute atomic E-state index is 10.7. The Kier molecular flexibility index (Phi) is 4.57. The molecule has 1 heterocycles. The SMILES string of the molecule is Cc1cccc(-n2nnnc2SCc2ccc([N+](=O)[O-])cc2)c1C. The van der Waals surface area contributed by atoms with E-state index in [1.165, 1.54) is 29.5 Å². The third-order valence-electron chi connectivity index (χ3n) is 3.76. The number of nitro groups is 1. The highest BCUT2D eigenvalue weighted by atomic mass is 32.2. The van der Waals surface area contributed by atoms with Crippen LogP contribution in [0.25, 0.3) is 5.69 Å². The van der Waals surface area contributed by atoms with Gasteiger partial charge in [0.25, 0.3) is 5.69 Å². The van der Waals surface area contributed by atoms with Crippen molar-refractivity contribution >= 4 is 17.4 Å². The third-order valence-corrected chi connectivity index (χ3v) is 4.75. The lowest BCUT2D eigenvalue weighted by molar-refractivity contribution is -0.384. The van der Waals surface area contributed by atoms with E-state index >= 15 is 0 Å². The van der Waals surface area contributed by atoms with Crippen molar-refractivity contribution < 1.29 is 4.92 Å². The summed E-state index contributed by atoms with van der Waals surface area (Å²) in [4.78, 5) is 10.3. The second-order valence-electron chi connectivity index (χ2n) is 5.30. The van der Waals surface area contributed by atoms with Gasteiger partial charge in [-0.1, -0.05) is 36.0 Å². The van der Waals surface area contributed by atoms with Gasteiger partial charge in [-0.25, -0.2) is 0 Å². The number of benzene rings is 2. The Morgan fingerprint density at radius 2 is 1.92 bits per heavy atom. The number of nitrogens with zero attached hydrogens (tertiary/aromatic N) is 5. The fraction of sp³-hybridized carbons (Fsp3) is 0.188. The highest BCUT2D eigenvalue weighted by Crippen LogP contribution is 2.25. The predicted octanol–water partition coefficient (Wildman–Crippen LogP) is 3.48. The molecule has 0 fully saturated rings. The molecule has 3 aromatic rings. The summed E-state index contributed by atoms with van der Waals surface area (Å²) in [5.41, 5.74) is 4.31. The second kappa shape index (κ2) is 6.79. The number of rotatable bonds is 5. The second-order valence-corrected chi connectivity index (χ2v) is 6.25. The molecule has 0 spiro atoms. The molecule has 2 aromatic carbocycles. The van der Waals surface area contributed by atoms with Gasteiger partial charge in [0.2, 0.25) is 5.16 Å². The maximum atomic E-state index is 10.7. The summed E-state index contributed by atoms with van der Waals surface area (Å²) in [6.45, 7) is 4.09. The van der Waals surface area contributed by atoms with Crippen molar-refractivity contribution in [2.45, 2.75) is 24.8 Å². The molecule has 0 unspecified atom stereocenters. The Morgan fingerprint density at radius 1 is 1.17 bits per heavy atom. The van der Waals surface area contributed by atoms with Gasteiger partial charge in [-0.3, -0.25) is 10.1 Å². The highest BCUT2D eigenvalue weighted by molar-refractivity contribution is 7.98. The van der Waals surface area contributed by atoms with Gasteiger partial charge >= 0.3 is 0 Å². The third kappa shape index (κ3) is 3.28. The lowest BCUT2D eigenvalue weighted by Crippen LogP contribution is -2.02. The molecule has 0 saturated heterocycles. The molecule has 7 nitrogen and oxygen atoms in total. The highest BCUT2D eigenvalue weighted by Gasteiger charge is 2.12. The first-order chi connectivity index (χ1) is 11.6. The number of hydrogen-bond acceptors (Lipinski definition) is 6. The molecule has 3 rings (SSSR count). The van der Waals surface area contributed by atoms with Crippen LogP contribution in [0.15, 0.2) is 47.6 Å². The first kappa shape index (κ1) is 16.1. The minimum atomic E-state index is -0.405. The van der Waals surface area contributed by atoms with Crippen LogP contribution in [0.5, 0.6) is 0 Å². The Balaban J connectivity index is 1.79. The number of tetrazole rings is 1. The molecule has 0 N–H and O–H groups in total. The van der Waals surface area contributed by atoms with Crippen LogP contribution in [0.2, 0.25) is 0 Å². The van der Waals surface area contributed by atoms with Gasteiger partial charge < -0.3 is 0 Å². The molecule has 0 aliphatic carbocycles. The Hall–Kier alpha value is -2.74. The molecule has 24 heavy (non-hydrogen) atoms. The van der Waals surface area contributed by atoms with Crippen LogP contribution in [-0.2, 0) is 5.75 Å². The number of nitro benzene ring substituents is 1. The van der Waals surface area contributed by atoms with Crippen molar-refractivity contribution in [2.24, 2.45) is 0 Å². The maximum Gasteiger partial charge on any atom is 0.269 e. The van der Waals surface area contributed by atoms with E-state index in [-0.39, 0.29) is 5.69 Å². The summed E-state index contributed by atoms with van der Waals surface area (Å²) in [6, 6.07) is 12.5. The van der Waals surface area contributed by atoms with E-state index in [1.807, 2.05) is 32.0 Å². The molecule has 0 saturated carbocycles. The predicted molar refractivity (Wildman–Crippen MR) is 91.3 cm³/mol. The molecule has 0 radical (unpaired) electrons. The summed E-state index contributed by atoms with van der Waals surface area (Å²) in [6.07, 6.45) is 0. The minimum Gasteiger partial charge on any atom is -0.258 e. The van der Waals surface area contributed by atoms with E-state index in [0.29, 0.717) is 10.9 Å². The van der Waals surface area contributed by atoms with E-state index in [1.54, 1.807) is 16.8 Å². The van der Waals surface area contributed by atoms with Crippen LogP contribution in [-0.4, -0.2) is 25.1 Å². The van der Waals surface area contributed by atoms with Crippen molar-refractivity contribution in [3.63, 3.8) is 0 Å². The van der Waals surface area contributed by atoms with Crippen LogP contribution < -0.4 is 0 Å². The first-order valence-corrected chi connectivity index (χ1v) is 8.26. The number of aryl methyl sites for hydroxylation is 1. The summed E-state index contributed by atoms with van der Waals surface area (Å²) in [7, 11) is 0. The lowest BCUT2D eigenvalue weighted by atomic mass is 10.1. The van der Waals surface area contributed by atoms with Gasteiger partial charge in [0.05, 0.1) is 10.6 Å². The number of thioether (sulfide) groups is 1. The monoisotopic (exact) mass is 341 g/mol. The molecule has 0 amide bonds. The number of aromatic nitrogens is 4. The van der Waals surface area contributed by atoms with Gasteiger partial charge in [0.15, 0.2) is 0 Å². The Bertz CT molecular complexity index is 876. The van der Waals surface area contributed by atoms with Gasteiger partial charge in [-0.15, -0.1) is 5.10 Å². The van der Waals surface area contributed by atoms with E-state index in [0.717, 1.165) is 16.8 Å². The van der Waals surface area contributed by atoms with Crippen molar-refractivity contribution in [3.8, 4) is 5.69 Å². The van der Waals surface area contributed by atoms with Crippen molar-refractivity contribution in [3.05, 3.63) is 69.3 Å². The van der Waals surface area contributed by atoms with Crippen molar-refractivity contribution in [1.82, 2.24) is 20.2 Å². The van der Waals surface area contributed by atoms with E-state index < -0.39 is 4.92 Å². The van der Waals surface area contributed by atoms with Gasteiger partial charge in [0, 0.05) is 17.9 Å². The van der Waals surface area contributed by atoms with Gasteiger partial charge in [-0.05, 0) is 47.0 Å². The normalized spacial score (nSPS) is 10.8. The Labute approximate surface area is 142 Å². The standard InChI is InChI=1S/C16H15N5O2S/c1-11-4-3-5-15(12(11)2)20-16(17-18-19-20)24-10-13-6-8-14(9-7-13)21(22)23/h3-9H,10H2,1-2H3. The fourth-order valence-electron chi connectivity index (χ4n) is 2.25. The molecule has 122 valence electrons. The molecule has 0 atom stereocenters. The van der Waals surface area contributed by atoms with Crippen molar-refractivity contribution in [2.75, 3.05) is 0 Å². The lowest BCUT2D eigenvalue weighted by Gasteiger charge is -2.09. The van der Waals surface area contributed by atoms with Crippen LogP contribution in [0, 0.1) is 24.0 Å². The molecule has 0 aliphatic rings. The largest absolute Gasteiger partial charge is 0.269 e. The smallest absolute Gasteiger partial charge is 0.258 e. The quantitative estimate of drug-likeness (QED) is 0.401. The number of non-ortho nitro benzene ring substituents is 1. The van der Waals surface area contributed by atoms with E-state index in [9.17, 15) is 10.1 Å². The summed E-state index contributed by atoms with van der Waals surface area (Å²) in [5, 5.41) is 23.3. The van der Waals surface area contributed by atoms with Crippen LogP contribution >= 0.6 is 11.8 Å². The first-order valence-electron chi connectivity index (χ1n) is 7.27. The molecule has 1 aromatic heterocycles. The van der Waals surface area contributed by atoms with Gasteiger partial charge in [0.1, 0.15) is 0 Å². The average Bonchev–Trinajstić information content (AvgIpc) is 3.04. The molecular weight excluding hydrogens is 326 g/mol. The summed E-state index contributed by atoms with van der Waals surface area (Å²) < 4.78 is 1.72. The summed E-state index contributed by atoms with van der Waals surface area (Å²) >= 11 is 1.49. The van der Waals surface area contributed by atoms with Gasteiger partial charge in [-0.2, -0.15) is 4.68 Å². The zero-order chi connectivity index (χ0) is 17.1. The average molecular weight is 341 g/mol. The molecular formula is C16H15N5O2S. The molecule has 0 aliphatic heterocycles. The minimum absolute atomic E-state index is 0.0870. The zero-order valence-electron chi connectivity index (χ0n) is 13.2. The number of hydrogen-bond donors (Lipinski definition) is 0. The molecule has 0 bridgehead atoms. The Morgan fingerprint density at radius 3 is 2.62 bits per heavy atom. The van der Waals surface area contributed by atoms with Crippen molar-refractivity contribution in [1.29, 1.82) is 0 Å². The van der Waals surface area contributed by atoms with Crippen LogP contribution in [0.3, 0.4) is 0 Å². The molecule has 8 heteroatoms. The van der Waals surface area contributed by atoms with Crippen LogP contribution in [0.4, 0.5) is 5.69 Å². The van der Waals surface area contributed by atoms with Crippen LogP contribution in [0.1, 0.15) is 16.7 Å². The van der Waals surface area contributed by atoms with E-state index in [2.05, 4.69) is 15.5 Å².